The van der Waals surface area contributed by atoms with Crippen LogP contribution in [-0.2, 0) is 19.1 Å². The molecule has 0 aliphatic heterocycles. The third-order valence-corrected chi connectivity index (χ3v) is 4.49. The van der Waals surface area contributed by atoms with Crippen molar-refractivity contribution in [2.45, 2.75) is 32.9 Å². The molecule has 0 radical (unpaired) electrons. The number of carbonyl (C=O) groups excluding carboxylic acids is 2. The van der Waals surface area contributed by atoms with Crippen LogP contribution < -0.4 is 62.3 Å². The molecule has 2 heterocycles. The molecule has 11 nitrogen and oxygen atoms in total. The van der Waals surface area contributed by atoms with Gasteiger partial charge in [-0.2, -0.15) is 0 Å². The second-order valence-electron chi connectivity index (χ2n) is 7.45. The van der Waals surface area contributed by atoms with Crippen LogP contribution in [0.15, 0.2) is 33.5 Å². The molecular formula is C20H20FKN6O5. The largest absolute Gasteiger partial charge is 1.00 e. The quantitative estimate of drug-likeness (QED) is 0.411. The topological polar surface area (TPSA) is 154 Å². The summed E-state index contributed by atoms with van der Waals surface area (Å²) in [5.74, 6) is -3.09. The molecule has 3 rings (SSSR count). The molecule has 0 saturated heterocycles. The second kappa shape index (κ2) is 10.7. The number of aromatic nitrogens is 4. The van der Waals surface area contributed by atoms with E-state index >= 15 is 0 Å². The number of carbonyl (C=O) groups is 2. The van der Waals surface area contributed by atoms with Crippen molar-refractivity contribution in [1.82, 2.24) is 25.1 Å². The maximum atomic E-state index is 13.0. The fourth-order valence-corrected chi connectivity index (χ4v) is 2.91. The number of nitrogens with one attached hydrogen (secondary N) is 1. The van der Waals surface area contributed by atoms with Gasteiger partial charge in [0.05, 0.1) is 5.54 Å². The molecule has 33 heavy (non-hydrogen) atoms. The molecular weight excluding hydrogens is 462 g/mol. The Bertz CT molecular complexity index is 1240. The number of aryl methyl sites for hydroxylation is 1. The second-order valence-corrected chi connectivity index (χ2v) is 7.45. The SMILES string of the molecule is Cc1nnc(C(=O)NC(C)(C)c2nc(C(=O)[N-]Cc3ccc(F)cc3)c(O)c(=O)n2C)o1.[K+]. The first-order chi connectivity index (χ1) is 15.0. The minimum atomic E-state index is -1.28. The van der Waals surface area contributed by atoms with Crippen LogP contribution in [0.4, 0.5) is 4.39 Å². The Hall–Kier alpha value is -2.45. The van der Waals surface area contributed by atoms with Crippen LogP contribution in [0, 0.1) is 12.7 Å². The molecule has 0 aliphatic rings. The first kappa shape index (κ1) is 26.8. The van der Waals surface area contributed by atoms with Crippen molar-refractivity contribution >= 4 is 11.8 Å². The number of hydrogen-bond donors (Lipinski definition) is 2. The standard InChI is InChI=1S/C20H21FN6O5.K/c1-10-25-26-17(32-10)16(30)24-20(2,3)19-23-13(14(28)18(31)27(19)4)15(29)22-9-11-5-7-12(21)8-6-11;/h5-8H,9H2,1-4H3,(H3,22,24,28,29,30);/q;+1/p-1. The van der Waals surface area contributed by atoms with Gasteiger partial charge in [-0.15, -0.1) is 16.7 Å². The smallest absolute Gasteiger partial charge is 0.644 e. The maximum Gasteiger partial charge on any atom is 1.00 e. The Labute approximate surface area is 230 Å². The van der Waals surface area contributed by atoms with Crippen LogP contribution in [0.25, 0.3) is 5.32 Å². The molecule has 0 fully saturated rings. The molecule has 168 valence electrons. The molecule has 2 amide bonds. The van der Waals surface area contributed by atoms with Crippen molar-refractivity contribution in [2.75, 3.05) is 0 Å². The number of aromatic hydroxyl groups is 1. The Morgan fingerprint density at radius 3 is 2.45 bits per heavy atom. The molecule has 2 N–H and O–H groups in total. The van der Waals surface area contributed by atoms with E-state index in [2.05, 4.69) is 25.8 Å². The van der Waals surface area contributed by atoms with Crippen molar-refractivity contribution in [3.63, 3.8) is 0 Å². The molecule has 1 aromatic carbocycles. The van der Waals surface area contributed by atoms with E-state index < -0.39 is 40.2 Å². The summed E-state index contributed by atoms with van der Waals surface area (Å²) in [5, 5.41) is 23.8. The minimum absolute atomic E-state index is 0. The van der Waals surface area contributed by atoms with Gasteiger partial charge in [0.25, 0.3) is 5.56 Å². The number of hydrogen-bond acceptors (Lipinski definition) is 8. The molecule has 0 aliphatic carbocycles. The first-order valence-corrected chi connectivity index (χ1v) is 9.39. The van der Waals surface area contributed by atoms with E-state index in [9.17, 15) is 23.9 Å². The average Bonchev–Trinajstić information content (AvgIpc) is 3.17. The van der Waals surface area contributed by atoms with Gasteiger partial charge < -0.3 is 25.0 Å². The summed E-state index contributed by atoms with van der Waals surface area (Å²) in [6.07, 6.45) is 0. The van der Waals surface area contributed by atoms with E-state index in [1.807, 2.05) is 0 Å². The molecule has 0 atom stereocenters. The van der Waals surface area contributed by atoms with Crippen LogP contribution in [0.1, 0.15) is 52.3 Å². The summed E-state index contributed by atoms with van der Waals surface area (Å²) in [5.41, 5.74) is -2.20. The van der Waals surface area contributed by atoms with Crippen LogP contribution in [0.3, 0.4) is 0 Å². The van der Waals surface area contributed by atoms with Gasteiger partial charge in [0.2, 0.25) is 11.6 Å². The number of benzene rings is 1. The Kier molecular flexibility index (Phi) is 8.65. The van der Waals surface area contributed by atoms with Gasteiger partial charge in [-0.25, -0.2) is 9.37 Å². The van der Waals surface area contributed by atoms with E-state index in [1.165, 1.54) is 52.1 Å². The van der Waals surface area contributed by atoms with Gasteiger partial charge in [-0.05, 0) is 26.0 Å². The normalized spacial score (nSPS) is 10.9. The molecule has 2 aromatic heterocycles. The third-order valence-electron chi connectivity index (χ3n) is 4.49. The van der Waals surface area contributed by atoms with Gasteiger partial charge in [0.15, 0.2) is 0 Å². The zero-order valence-corrected chi connectivity index (χ0v) is 21.8. The summed E-state index contributed by atoms with van der Waals surface area (Å²) < 4.78 is 19.1. The Morgan fingerprint density at radius 2 is 1.88 bits per heavy atom. The van der Waals surface area contributed by atoms with Gasteiger partial charge in [-0.3, -0.25) is 14.2 Å². The monoisotopic (exact) mass is 482 g/mol. The van der Waals surface area contributed by atoms with Crippen molar-refractivity contribution < 1.29 is 74.9 Å². The van der Waals surface area contributed by atoms with Crippen LogP contribution in [0.5, 0.6) is 5.75 Å². The zero-order valence-electron chi connectivity index (χ0n) is 18.7. The number of halogens is 1. The van der Waals surface area contributed by atoms with E-state index in [1.54, 1.807) is 0 Å². The van der Waals surface area contributed by atoms with E-state index in [-0.39, 0.29) is 75.5 Å². The summed E-state index contributed by atoms with van der Waals surface area (Å²) in [6.45, 7) is 4.49. The summed E-state index contributed by atoms with van der Waals surface area (Å²) >= 11 is 0. The van der Waals surface area contributed by atoms with E-state index in [4.69, 9.17) is 4.42 Å². The van der Waals surface area contributed by atoms with Crippen LogP contribution in [-0.4, -0.2) is 36.7 Å². The zero-order chi connectivity index (χ0) is 23.6. The van der Waals surface area contributed by atoms with Crippen molar-refractivity contribution in [3.05, 3.63) is 74.6 Å². The molecule has 0 spiro atoms. The fraction of sp³-hybridized carbons (Fsp3) is 0.300. The van der Waals surface area contributed by atoms with Crippen LogP contribution >= 0.6 is 0 Å². The molecule has 0 saturated carbocycles. The summed E-state index contributed by atoms with van der Waals surface area (Å²) in [4.78, 5) is 41.6. The van der Waals surface area contributed by atoms with Gasteiger partial charge >= 0.3 is 63.2 Å². The minimum Gasteiger partial charge on any atom is -0.644 e. The molecule has 0 unspecified atom stereocenters. The van der Waals surface area contributed by atoms with E-state index in [0.717, 1.165) is 4.57 Å². The van der Waals surface area contributed by atoms with Gasteiger partial charge in [0, 0.05) is 14.0 Å². The first-order valence-electron chi connectivity index (χ1n) is 9.39. The predicted octanol–water partition coefficient (Wildman–Crippen LogP) is -1.30. The maximum absolute atomic E-state index is 13.0. The van der Waals surface area contributed by atoms with Gasteiger partial charge in [-0.1, -0.05) is 17.7 Å². The Morgan fingerprint density at radius 1 is 1.24 bits per heavy atom. The van der Waals surface area contributed by atoms with Gasteiger partial charge in [0.1, 0.15) is 23.2 Å². The number of nitrogens with zero attached hydrogens (tertiary/aromatic N) is 5. The van der Waals surface area contributed by atoms with E-state index in [0.29, 0.717) is 5.56 Å². The fourth-order valence-electron chi connectivity index (χ4n) is 2.91. The number of rotatable bonds is 6. The Balaban J connectivity index is 0.00000385. The van der Waals surface area contributed by atoms with Crippen molar-refractivity contribution in [2.24, 2.45) is 7.05 Å². The van der Waals surface area contributed by atoms with Crippen LogP contribution in [0.2, 0.25) is 0 Å². The predicted molar refractivity (Wildman–Crippen MR) is 108 cm³/mol. The summed E-state index contributed by atoms with van der Waals surface area (Å²) in [7, 11) is 1.33. The van der Waals surface area contributed by atoms with Crippen molar-refractivity contribution in [3.8, 4) is 5.75 Å². The molecule has 3 aromatic rings. The van der Waals surface area contributed by atoms with Crippen molar-refractivity contribution in [1.29, 1.82) is 0 Å². The molecule has 13 heteroatoms. The average molecular weight is 483 g/mol. The molecule has 0 bridgehead atoms. The summed E-state index contributed by atoms with van der Waals surface area (Å²) in [6, 6.07) is 5.34. The number of amides is 2. The third kappa shape index (κ3) is 6.12.